The molecule has 0 saturated carbocycles. The Bertz CT molecular complexity index is 1640. The van der Waals surface area contributed by atoms with E-state index in [1.165, 1.54) is 12.1 Å². The van der Waals surface area contributed by atoms with Crippen LogP contribution in [-0.4, -0.2) is 43.1 Å². The lowest BCUT2D eigenvalue weighted by molar-refractivity contribution is -0.116. The van der Waals surface area contributed by atoms with Gasteiger partial charge in [-0.1, -0.05) is 24.3 Å². The molecule has 3 heterocycles. The van der Waals surface area contributed by atoms with Gasteiger partial charge in [-0.3, -0.25) is 9.78 Å². The Morgan fingerprint density at radius 2 is 1.83 bits per heavy atom. The van der Waals surface area contributed by atoms with E-state index in [1.807, 2.05) is 43.9 Å². The molecule has 41 heavy (non-hydrogen) atoms. The third-order valence-electron chi connectivity index (χ3n) is 7.41. The maximum absolute atomic E-state index is 14.1. The van der Waals surface area contributed by atoms with Gasteiger partial charge < -0.3 is 25.2 Å². The first-order chi connectivity index (χ1) is 19.7. The van der Waals surface area contributed by atoms with Crippen LogP contribution in [0.2, 0.25) is 0 Å². The summed E-state index contributed by atoms with van der Waals surface area (Å²) >= 11 is 5.76. The van der Waals surface area contributed by atoms with Crippen LogP contribution < -0.4 is 10.6 Å². The van der Waals surface area contributed by atoms with Crippen molar-refractivity contribution in [3.05, 3.63) is 113 Å². The van der Waals surface area contributed by atoms with Gasteiger partial charge in [0.15, 0.2) is 5.11 Å². The lowest BCUT2D eigenvalue weighted by atomic mass is 9.96. The highest BCUT2D eigenvalue weighted by molar-refractivity contribution is 7.80. The van der Waals surface area contributed by atoms with Gasteiger partial charge >= 0.3 is 5.97 Å². The molecule has 2 atom stereocenters. The van der Waals surface area contributed by atoms with E-state index in [0.29, 0.717) is 5.11 Å². The van der Waals surface area contributed by atoms with E-state index in [9.17, 15) is 19.1 Å². The van der Waals surface area contributed by atoms with Crippen molar-refractivity contribution in [1.82, 2.24) is 19.8 Å². The van der Waals surface area contributed by atoms with Crippen molar-refractivity contribution < 1.29 is 19.1 Å². The highest BCUT2D eigenvalue weighted by Gasteiger charge is 2.41. The Labute approximate surface area is 242 Å². The number of hydrogen-bond donors (Lipinski definition) is 3. The van der Waals surface area contributed by atoms with Crippen LogP contribution in [-0.2, 0) is 4.79 Å². The highest BCUT2D eigenvalue weighted by atomic mass is 32.1. The molecule has 0 aliphatic carbocycles. The summed E-state index contributed by atoms with van der Waals surface area (Å²) in [7, 11) is 0. The summed E-state index contributed by atoms with van der Waals surface area (Å²) in [6.45, 7) is 6.21. The van der Waals surface area contributed by atoms with E-state index in [2.05, 4.69) is 26.3 Å². The first-order valence-corrected chi connectivity index (χ1v) is 13.6. The minimum absolute atomic E-state index is 0.0834. The van der Waals surface area contributed by atoms with E-state index >= 15 is 0 Å². The number of benzene rings is 2. The van der Waals surface area contributed by atoms with E-state index in [0.717, 1.165) is 33.9 Å². The molecule has 210 valence electrons. The first kappa shape index (κ1) is 28.0. The van der Waals surface area contributed by atoms with Gasteiger partial charge in [-0.2, -0.15) is 0 Å². The van der Waals surface area contributed by atoms with Crippen LogP contribution in [0.1, 0.15) is 57.1 Å². The van der Waals surface area contributed by atoms with Crippen molar-refractivity contribution >= 4 is 34.9 Å². The second-order valence-electron chi connectivity index (χ2n) is 10.1. The lowest BCUT2D eigenvalue weighted by Gasteiger charge is -2.28. The Morgan fingerprint density at radius 3 is 2.54 bits per heavy atom. The standard InChI is InChI=1S/C31H30FN5O3S/c1-18-11-12-21(30(39)40)17-26(18)37-19(2)16-22(20(37)3)29-28(25-10-6-7-14-33-25)35-31(41)36(29)15-13-27(38)34-24-9-5-4-8-23(24)32/h4-12,14,16-17,28-29H,13,15H2,1-3H3,(H,34,38)(H,35,41)(H,39,40)/t28-,29-/m0/s1. The number of aromatic nitrogens is 2. The SMILES string of the molecule is Cc1ccc(C(=O)O)cc1-n1c(C)cc([C@H]2[C@H](c3ccccn3)NC(=S)N2CCC(=O)Nc2ccccc2F)c1C. The molecule has 1 amide bonds. The fraction of sp³-hybridized carbons (Fsp3) is 0.226. The van der Waals surface area contributed by atoms with Crippen LogP contribution in [0.5, 0.6) is 0 Å². The zero-order valence-electron chi connectivity index (χ0n) is 22.9. The highest BCUT2D eigenvalue weighted by Crippen LogP contribution is 2.41. The lowest BCUT2D eigenvalue weighted by Crippen LogP contribution is -2.33. The number of carbonyl (C=O) groups is 2. The third kappa shape index (κ3) is 5.55. The van der Waals surface area contributed by atoms with E-state index < -0.39 is 11.8 Å². The Balaban J connectivity index is 1.51. The summed E-state index contributed by atoms with van der Waals surface area (Å²) in [4.78, 5) is 31.1. The Morgan fingerprint density at radius 1 is 1.07 bits per heavy atom. The van der Waals surface area contributed by atoms with Gasteiger partial charge in [-0.25, -0.2) is 9.18 Å². The van der Waals surface area contributed by atoms with E-state index in [-0.39, 0.29) is 42.2 Å². The van der Waals surface area contributed by atoms with Crippen molar-refractivity contribution in [3.63, 3.8) is 0 Å². The summed E-state index contributed by atoms with van der Waals surface area (Å²) in [5, 5.41) is 16.1. The summed E-state index contributed by atoms with van der Waals surface area (Å²) in [5.74, 6) is -1.82. The largest absolute Gasteiger partial charge is 0.478 e. The molecule has 0 spiro atoms. The van der Waals surface area contributed by atoms with Crippen molar-refractivity contribution in [2.45, 2.75) is 39.3 Å². The minimum Gasteiger partial charge on any atom is -0.478 e. The summed E-state index contributed by atoms with van der Waals surface area (Å²) in [5.41, 5.74) is 5.68. The van der Waals surface area contributed by atoms with Gasteiger partial charge in [0, 0.05) is 36.2 Å². The summed E-state index contributed by atoms with van der Waals surface area (Å²) in [6, 6.07) is 18.3. The van der Waals surface area contributed by atoms with Crippen LogP contribution in [0.4, 0.5) is 10.1 Å². The number of carboxylic acid groups (broad SMARTS) is 1. The monoisotopic (exact) mass is 571 g/mol. The van der Waals surface area contributed by atoms with Gasteiger partial charge in [0.25, 0.3) is 0 Å². The number of nitrogens with zero attached hydrogens (tertiary/aromatic N) is 3. The van der Waals surface area contributed by atoms with Crippen LogP contribution >= 0.6 is 12.2 Å². The number of rotatable bonds is 8. The topological polar surface area (TPSA) is 99.5 Å². The van der Waals surface area contributed by atoms with Crippen LogP contribution in [0.25, 0.3) is 5.69 Å². The zero-order chi connectivity index (χ0) is 29.3. The van der Waals surface area contributed by atoms with Gasteiger partial charge in [0.05, 0.1) is 29.0 Å². The Kier molecular flexibility index (Phi) is 7.85. The normalized spacial score (nSPS) is 16.5. The van der Waals surface area contributed by atoms with Gasteiger partial charge in [0.2, 0.25) is 5.91 Å². The number of pyridine rings is 1. The van der Waals surface area contributed by atoms with Crippen LogP contribution in [0.15, 0.2) is 72.9 Å². The molecular weight excluding hydrogens is 541 g/mol. The Hall–Kier alpha value is -4.57. The van der Waals surface area contributed by atoms with Crippen molar-refractivity contribution in [2.24, 2.45) is 0 Å². The number of carbonyl (C=O) groups excluding carboxylic acids is 1. The molecule has 1 fully saturated rings. The fourth-order valence-electron chi connectivity index (χ4n) is 5.42. The first-order valence-electron chi connectivity index (χ1n) is 13.2. The predicted molar refractivity (Wildman–Crippen MR) is 159 cm³/mol. The summed E-state index contributed by atoms with van der Waals surface area (Å²) in [6.07, 6.45) is 1.81. The molecule has 3 N–H and O–H groups in total. The molecule has 1 aliphatic heterocycles. The quantitative estimate of drug-likeness (QED) is 0.236. The number of aryl methyl sites for hydroxylation is 2. The second-order valence-corrected chi connectivity index (χ2v) is 10.5. The molecule has 0 unspecified atom stereocenters. The zero-order valence-corrected chi connectivity index (χ0v) is 23.7. The molecule has 10 heteroatoms. The maximum Gasteiger partial charge on any atom is 0.335 e. The maximum atomic E-state index is 14.1. The molecule has 2 aromatic carbocycles. The average molecular weight is 572 g/mol. The number of halogens is 1. The van der Waals surface area contributed by atoms with Crippen molar-refractivity contribution in [3.8, 4) is 5.69 Å². The number of anilines is 1. The second kappa shape index (κ2) is 11.5. The molecule has 1 aliphatic rings. The average Bonchev–Trinajstić information content (AvgIpc) is 3.43. The van der Waals surface area contributed by atoms with Crippen LogP contribution in [0.3, 0.4) is 0 Å². The molecular formula is C31H30FN5O3S. The summed E-state index contributed by atoms with van der Waals surface area (Å²) < 4.78 is 16.2. The molecule has 5 rings (SSSR count). The number of thiocarbonyl (C=S) groups is 1. The van der Waals surface area contributed by atoms with E-state index in [1.54, 1.807) is 36.5 Å². The number of aromatic carboxylic acids is 1. The van der Waals surface area contributed by atoms with E-state index in [4.69, 9.17) is 12.2 Å². The molecule has 0 bridgehead atoms. The number of amides is 1. The third-order valence-corrected chi connectivity index (χ3v) is 7.76. The minimum atomic E-state index is -0.991. The van der Waals surface area contributed by atoms with Gasteiger partial charge in [0.1, 0.15) is 5.82 Å². The van der Waals surface area contributed by atoms with Gasteiger partial charge in [-0.05, 0) is 86.6 Å². The van der Waals surface area contributed by atoms with Crippen molar-refractivity contribution in [2.75, 3.05) is 11.9 Å². The molecule has 8 nitrogen and oxygen atoms in total. The van der Waals surface area contributed by atoms with Crippen LogP contribution in [0, 0.1) is 26.6 Å². The molecule has 1 saturated heterocycles. The number of hydrogen-bond acceptors (Lipinski definition) is 4. The molecule has 2 aromatic heterocycles. The molecule has 4 aromatic rings. The smallest absolute Gasteiger partial charge is 0.335 e. The fourth-order valence-corrected chi connectivity index (χ4v) is 5.76. The van der Waals surface area contributed by atoms with Crippen molar-refractivity contribution in [1.29, 1.82) is 0 Å². The molecule has 0 radical (unpaired) electrons. The predicted octanol–water partition coefficient (Wildman–Crippen LogP) is 5.64. The van der Waals surface area contributed by atoms with Gasteiger partial charge in [-0.15, -0.1) is 0 Å². The number of para-hydroxylation sites is 1. The number of carboxylic acids is 1. The number of nitrogens with one attached hydrogen (secondary N) is 2.